The van der Waals surface area contributed by atoms with E-state index in [2.05, 4.69) is 10.3 Å². The van der Waals surface area contributed by atoms with Gasteiger partial charge < -0.3 is 11.1 Å². The Balaban J connectivity index is 0.00000441. The van der Waals surface area contributed by atoms with Crippen molar-refractivity contribution < 1.29 is 13.2 Å². The number of aromatic nitrogens is 1. The third kappa shape index (κ3) is 6.57. The van der Waals surface area contributed by atoms with Crippen LogP contribution < -0.4 is 11.1 Å². The van der Waals surface area contributed by atoms with Gasteiger partial charge in [0.25, 0.3) is 5.91 Å². The van der Waals surface area contributed by atoms with Crippen LogP contribution in [0.2, 0.25) is 0 Å². The second kappa shape index (κ2) is 10.1. The molecule has 0 bridgehead atoms. The van der Waals surface area contributed by atoms with Gasteiger partial charge in [-0.25, -0.2) is 17.7 Å². The third-order valence-corrected chi connectivity index (χ3v) is 5.69. The normalized spacial score (nSPS) is 11.3. The number of carbonyl (C=O) groups excluding carboxylic acids is 1. The molecule has 0 fully saturated rings. The SMILES string of the molecule is CCS(=O)(=O)N(C)CCCNC(=O)c1csc(CCN)n1.Cl. The lowest BCUT2D eigenvalue weighted by Crippen LogP contribution is -2.32. The standard InChI is InChI=1S/C12H22N4O3S2.ClH/c1-3-21(18,19)16(2)8-4-7-14-12(17)10-9-20-11(15-10)5-6-13;/h9H,3-8,13H2,1-2H3,(H,14,17);1H. The van der Waals surface area contributed by atoms with Gasteiger partial charge >= 0.3 is 0 Å². The molecule has 22 heavy (non-hydrogen) atoms. The van der Waals surface area contributed by atoms with Crippen molar-refractivity contribution in [2.75, 3.05) is 32.4 Å². The lowest BCUT2D eigenvalue weighted by Gasteiger charge is -2.15. The largest absolute Gasteiger partial charge is 0.351 e. The van der Waals surface area contributed by atoms with E-state index in [0.717, 1.165) is 5.01 Å². The summed E-state index contributed by atoms with van der Waals surface area (Å²) in [5.74, 6) is -0.158. The summed E-state index contributed by atoms with van der Waals surface area (Å²) in [4.78, 5) is 16.0. The molecular formula is C12H23ClN4O3S2. The third-order valence-electron chi connectivity index (χ3n) is 2.92. The molecule has 0 aliphatic heterocycles. The molecule has 10 heteroatoms. The number of hydrogen-bond donors (Lipinski definition) is 2. The second-order valence-corrected chi connectivity index (χ2v) is 7.80. The average Bonchev–Trinajstić information content (AvgIpc) is 2.92. The highest BCUT2D eigenvalue weighted by atomic mass is 35.5. The van der Waals surface area contributed by atoms with Crippen LogP contribution in [0.15, 0.2) is 5.38 Å². The lowest BCUT2D eigenvalue weighted by molar-refractivity contribution is 0.0948. The highest BCUT2D eigenvalue weighted by Gasteiger charge is 2.14. The first-order valence-corrected chi connectivity index (χ1v) is 9.26. The number of nitrogens with zero attached hydrogens (tertiary/aromatic N) is 2. The van der Waals surface area contributed by atoms with Gasteiger partial charge in [-0.1, -0.05) is 0 Å². The monoisotopic (exact) mass is 370 g/mol. The zero-order valence-corrected chi connectivity index (χ0v) is 15.2. The maximum atomic E-state index is 11.8. The fourth-order valence-corrected chi connectivity index (χ4v) is 3.25. The molecule has 0 spiro atoms. The number of thiazole rings is 1. The van der Waals surface area contributed by atoms with Crippen molar-refractivity contribution in [1.82, 2.24) is 14.6 Å². The molecule has 7 nitrogen and oxygen atoms in total. The Hall–Kier alpha value is -0.740. The Morgan fingerprint density at radius 3 is 2.77 bits per heavy atom. The fraction of sp³-hybridized carbons (Fsp3) is 0.667. The number of hydrogen-bond acceptors (Lipinski definition) is 6. The summed E-state index contributed by atoms with van der Waals surface area (Å²) in [5.41, 5.74) is 5.82. The zero-order chi connectivity index (χ0) is 15.9. The van der Waals surface area contributed by atoms with Crippen molar-refractivity contribution in [3.05, 3.63) is 16.1 Å². The number of amides is 1. The summed E-state index contributed by atoms with van der Waals surface area (Å²) in [6.45, 7) is 2.90. The van der Waals surface area contributed by atoms with E-state index in [4.69, 9.17) is 5.73 Å². The molecular weight excluding hydrogens is 348 g/mol. The molecule has 1 aromatic heterocycles. The van der Waals surface area contributed by atoms with E-state index in [1.165, 1.54) is 15.6 Å². The van der Waals surface area contributed by atoms with Gasteiger partial charge in [-0.05, 0) is 19.9 Å². The summed E-state index contributed by atoms with van der Waals surface area (Å²) in [6.07, 6.45) is 1.22. The maximum Gasteiger partial charge on any atom is 0.270 e. The van der Waals surface area contributed by atoms with Crippen molar-refractivity contribution in [1.29, 1.82) is 0 Å². The molecule has 0 saturated carbocycles. The van der Waals surface area contributed by atoms with Gasteiger partial charge in [0.2, 0.25) is 10.0 Å². The van der Waals surface area contributed by atoms with E-state index in [-0.39, 0.29) is 24.1 Å². The minimum atomic E-state index is -3.16. The van der Waals surface area contributed by atoms with Gasteiger partial charge in [0.05, 0.1) is 10.8 Å². The van der Waals surface area contributed by atoms with Crippen LogP contribution in [0, 0.1) is 0 Å². The van der Waals surface area contributed by atoms with Crippen LogP contribution in [-0.2, 0) is 16.4 Å². The number of halogens is 1. The first kappa shape index (κ1) is 21.3. The number of rotatable bonds is 9. The molecule has 1 heterocycles. The van der Waals surface area contributed by atoms with Crippen LogP contribution in [0.5, 0.6) is 0 Å². The van der Waals surface area contributed by atoms with Crippen LogP contribution in [0.1, 0.15) is 28.8 Å². The topological polar surface area (TPSA) is 105 Å². The summed E-state index contributed by atoms with van der Waals surface area (Å²) in [7, 11) is -1.61. The van der Waals surface area contributed by atoms with Crippen molar-refractivity contribution >= 4 is 39.7 Å². The quantitative estimate of drug-likeness (QED) is 0.614. The number of sulfonamides is 1. The predicted molar refractivity (Wildman–Crippen MR) is 91.2 cm³/mol. The van der Waals surface area contributed by atoms with Crippen molar-refractivity contribution in [2.24, 2.45) is 5.73 Å². The van der Waals surface area contributed by atoms with Crippen molar-refractivity contribution in [3.63, 3.8) is 0 Å². The van der Waals surface area contributed by atoms with E-state index in [1.54, 1.807) is 19.4 Å². The molecule has 0 aromatic carbocycles. The molecule has 1 aromatic rings. The van der Waals surface area contributed by atoms with E-state index < -0.39 is 10.0 Å². The fourth-order valence-electron chi connectivity index (χ4n) is 1.61. The smallest absolute Gasteiger partial charge is 0.270 e. The number of nitrogens with one attached hydrogen (secondary N) is 1. The Kier molecular flexibility index (Phi) is 9.77. The van der Waals surface area contributed by atoms with Gasteiger partial charge in [0.1, 0.15) is 5.69 Å². The van der Waals surface area contributed by atoms with E-state index >= 15 is 0 Å². The van der Waals surface area contributed by atoms with Crippen molar-refractivity contribution in [2.45, 2.75) is 19.8 Å². The number of carbonyl (C=O) groups is 1. The molecule has 3 N–H and O–H groups in total. The summed E-state index contributed by atoms with van der Waals surface area (Å²) < 4.78 is 24.4. The molecule has 1 amide bonds. The predicted octanol–water partition coefficient (Wildman–Crippen LogP) is 0.467. The maximum absolute atomic E-state index is 11.8. The lowest BCUT2D eigenvalue weighted by atomic mass is 10.4. The van der Waals surface area contributed by atoms with E-state index in [1.807, 2.05) is 0 Å². The molecule has 128 valence electrons. The highest BCUT2D eigenvalue weighted by molar-refractivity contribution is 7.89. The Bertz CT molecular complexity index is 562. The Morgan fingerprint density at radius 2 is 2.18 bits per heavy atom. The van der Waals surface area contributed by atoms with Gasteiger partial charge in [-0.2, -0.15) is 0 Å². The first-order chi connectivity index (χ1) is 9.90. The van der Waals surface area contributed by atoms with Crippen LogP contribution in [0.25, 0.3) is 0 Å². The van der Waals surface area contributed by atoms with Crippen LogP contribution in [-0.4, -0.2) is 56.0 Å². The Morgan fingerprint density at radius 1 is 1.50 bits per heavy atom. The van der Waals surface area contributed by atoms with E-state index in [9.17, 15) is 13.2 Å². The summed E-state index contributed by atoms with van der Waals surface area (Å²) >= 11 is 1.41. The van der Waals surface area contributed by atoms with Crippen LogP contribution in [0.3, 0.4) is 0 Å². The van der Waals surface area contributed by atoms with Gasteiger partial charge in [0.15, 0.2) is 0 Å². The minimum absolute atomic E-state index is 0. The summed E-state index contributed by atoms with van der Waals surface area (Å²) in [5, 5.41) is 5.28. The van der Waals surface area contributed by atoms with Crippen molar-refractivity contribution in [3.8, 4) is 0 Å². The molecule has 0 saturated heterocycles. The molecule has 0 radical (unpaired) electrons. The molecule has 0 unspecified atom stereocenters. The highest BCUT2D eigenvalue weighted by Crippen LogP contribution is 2.09. The van der Waals surface area contributed by atoms with Crippen LogP contribution in [0.4, 0.5) is 0 Å². The average molecular weight is 371 g/mol. The molecule has 0 atom stereocenters. The van der Waals surface area contributed by atoms with E-state index in [0.29, 0.717) is 38.2 Å². The van der Waals surface area contributed by atoms with Gasteiger partial charge in [0, 0.05) is 31.9 Å². The second-order valence-electron chi connectivity index (χ2n) is 4.50. The molecule has 0 aliphatic rings. The number of nitrogens with two attached hydrogens (primary N) is 1. The Labute approximate surface area is 141 Å². The zero-order valence-electron chi connectivity index (χ0n) is 12.7. The van der Waals surface area contributed by atoms with Gasteiger partial charge in [-0.3, -0.25) is 4.79 Å². The van der Waals surface area contributed by atoms with Gasteiger partial charge in [-0.15, -0.1) is 23.7 Å². The minimum Gasteiger partial charge on any atom is -0.351 e. The summed E-state index contributed by atoms with van der Waals surface area (Å²) in [6, 6.07) is 0. The molecule has 1 rings (SSSR count). The first-order valence-electron chi connectivity index (χ1n) is 6.77. The molecule has 0 aliphatic carbocycles. The van der Waals surface area contributed by atoms with Crippen LogP contribution >= 0.6 is 23.7 Å².